The van der Waals surface area contributed by atoms with Gasteiger partial charge in [-0.25, -0.2) is 0 Å². The molecule has 2 saturated heterocycles. The maximum absolute atomic E-state index is 12.2. The Labute approximate surface area is 174 Å². The molecule has 2 heterocycles. The molecule has 0 aliphatic carbocycles. The van der Waals surface area contributed by atoms with Crippen molar-refractivity contribution in [1.82, 2.24) is 5.32 Å². The number of piperazine rings is 1. The lowest BCUT2D eigenvalue weighted by Gasteiger charge is -2.45. The number of hydrogen-bond acceptors (Lipinski definition) is 7. The zero-order valence-corrected chi connectivity index (χ0v) is 17.4. The van der Waals surface area contributed by atoms with E-state index in [1.54, 1.807) is 11.8 Å². The van der Waals surface area contributed by atoms with Crippen LogP contribution < -0.4 is 10.2 Å². The molecule has 0 atom stereocenters. The minimum absolute atomic E-state index is 0.0351. The molecule has 0 aromatic heterocycles. The van der Waals surface area contributed by atoms with Crippen molar-refractivity contribution in [2.45, 2.75) is 42.4 Å². The van der Waals surface area contributed by atoms with Crippen LogP contribution in [0.3, 0.4) is 0 Å². The molecule has 0 bridgehead atoms. The summed E-state index contributed by atoms with van der Waals surface area (Å²) in [6.07, 6.45) is 0.0702. The van der Waals surface area contributed by atoms with Gasteiger partial charge in [0.05, 0.1) is 25.1 Å². The van der Waals surface area contributed by atoms with E-state index < -0.39 is 17.8 Å². The number of benzene rings is 2. The summed E-state index contributed by atoms with van der Waals surface area (Å²) in [5.41, 5.74) is 3.30. The first-order valence-electron chi connectivity index (χ1n) is 9.73. The van der Waals surface area contributed by atoms with Gasteiger partial charge in [-0.15, -0.1) is 0 Å². The highest BCUT2D eigenvalue weighted by Crippen LogP contribution is 2.40. The number of hydrogen-bond donors (Lipinski definition) is 1. The van der Waals surface area contributed by atoms with E-state index in [-0.39, 0.29) is 19.4 Å². The van der Waals surface area contributed by atoms with Gasteiger partial charge in [0.15, 0.2) is 0 Å². The Morgan fingerprint density at radius 1 is 1.00 bits per heavy atom. The molecule has 7 heteroatoms. The number of carbonyl (C=O) groups excluding carboxylic acids is 2. The SMILES string of the molecule is Cc1ccc(Sc2ccccc2N2CCNCC23OC(=O)CCC(=O)O3)c(C)c1. The minimum Gasteiger partial charge on any atom is -0.402 e. The summed E-state index contributed by atoms with van der Waals surface area (Å²) < 4.78 is 11.4. The number of aryl methyl sites for hydroxylation is 2. The van der Waals surface area contributed by atoms with Gasteiger partial charge in [-0.3, -0.25) is 14.5 Å². The third kappa shape index (κ3) is 4.11. The van der Waals surface area contributed by atoms with Crippen LogP contribution in [0.25, 0.3) is 0 Å². The van der Waals surface area contributed by atoms with Crippen molar-refractivity contribution in [1.29, 1.82) is 0 Å². The predicted molar refractivity (Wildman–Crippen MR) is 111 cm³/mol. The molecule has 4 rings (SSSR count). The molecule has 2 aliphatic heterocycles. The van der Waals surface area contributed by atoms with E-state index in [9.17, 15) is 9.59 Å². The van der Waals surface area contributed by atoms with Crippen LogP contribution in [0.4, 0.5) is 5.69 Å². The zero-order valence-electron chi connectivity index (χ0n) is 16.6. The summed E-state index contributed by atoms with van der Waals surface area (Å²) in [5, 5.41) is 3.20. The zero-order chi connectivity index (χ0) is 20.4. The van der Waals surface area contributed by atoms with Gasteiger partial charge in [-0.1, -0.05) is 41.6 Å². The first-order valence-corrected chi connectivity index (χ1v) is 10.5. The van der Waals surface area contributed by atoms with Gasteiger partial charge >= 0.3 is 17.8 Å². The number of ether oxygens (including phenoxy) is 2. The Hall–Kier alpha value is -2.51. The topological polar surface area (TPSA) is 67.9 Å². The van der Waals surface area contributed by atoms with Crippen LogP contribution in [0.2, 0.25) is 0 Å². The van der Waals surface area contributed by atoms with E-state index in [1.807, 2.05) is 29.2 Å². The highest BCUT2D eigenvalue weighted by atomic mass is 32.2. The molecule has 0 saturated carbocycles. The van der Waals surface area contributed by atoms with Gasteiger partial charge in [0.2, 0.25) is 0 Å². The first-order chi connectivity index (χ1) is 14.0. The lowest BCUT2D eigenvalue weighted by molar-refractivity contribution is -0.223. The van der Waals surface area contributed by atoms with Crippen molar-refractivity contribution in [2.75, 3.05) is 24.5 Å². The Kier molecular flexibility index (Phi) is 5.52. The van der Waals surface area contributed by atoms with Crippen molar-refractivity contribution in [2.24, 2.45) is 0 Å². The number of esters is 2. The van der Waals surface area contributed by atoms with Crippen LogP contribution in [-0.4, -0.2) is 37.5 Å². The van der Waals surface area contributed by atoms with Gasteiger partial charge in [0, 0.05) is 22.9 Å². The van der Waals surface area contributed by atoms with Gasteiger partial charge in [0.25, 0.3) is 0 Å². The molecular weight excluding hydrogens is 388 g/mol. The van der Waals surface area contributed by atoms with Crippen molar-refractivity contribution in [3.8, 4) is 0 Å². The molecule has 2 aromatic carbocycles. The van der Waals surface area contributed by atoms with E-state index >= 15 is 0 Å². The first kappa shape index (κ1) is 19.8. The molecule has 29 heavy (non-hydrogen) atoms. The van der Waals surface area contributed by atoms with Crippen LogP contribution >= 0.6 is 11.8 Å². The summed E-state index contributed by atoms with van der Waals surface area (Å²) in [5.74, 6) is -2.31. The highest BCUT2D eigenvalue weighted by molar-refractivity contribution is 7.99. The Morgan fingerprint density at radius 3 is 2.45 bits per heavy atom. The molecular formula is C22H24N2O4S. The molecule has 2 aromatic rings. The molecule has 0 unspecified atom stereocenters. The van der Waals surface area contributed by atoms with Crippen LogP contribution in [0.5, 0.6) is 0 Å². The highest BCUT2D eigenvalue weighted by Gasteiger charge is 2.49. The van der Waals surface area contributed by atoms with Crippen LogP contribution in [0.15, 0.2) is 52.3 Å². The van der Waals surface area contributed by atoms with Gasteiger partial charge in [0.1, 0.15) is 0 Å². The number of rotatable bonds is 3. The van der Waals surface area contributed by atoms with E-state index in [2.05, 4.69) is 37.4 Å². The van der Waals surface area contributed by atoms with Crippen LogP contribution in [-0.2, 0) is 19.1 Å². The summed E-state index contributed by atoms with van der Waals surface area (Å²) in [4.78, 5) is 28.5. The van der Waals surface area contributed by atoms with E-state index in [4.69, 9.17) is 9.47 Å². The average molecular weight is 413 g/mol. The Balaban J connectivity index is 1.73. The Bertz CT molecular complexity index is 928. The van der Waals surface area contributed by atoms with Gasteiger partial charge in [-0.05, 0) is 37.6 Å². The number of nitrogens with one attached hydrogen (secondary N) is 1. The lowest BCUT2D eigenvalue weighted by Crippen LogP contribution is -2.65. The standard InChI is InChI=1S/C22H24N2O4S/c1-15-7-8-18(16(2)13-15)29-19-6-4-3-5-17(19)24-12-11-23-14-22(24)27-20(25)9-10-21(26)28-22/h3-8,13,23H,9-12,14H2,1-2H3. The normalized spacial score (nSPS) is 18.9. The van der Waals surface area contributed by atoms with Crippen molar-refractivity contribution < 1.29 is 19.1 Å². The largest absolute Gasteiger partial charge is 0.402 e. The molecule has 6 nitrogen and oxygen atoms in total. The molecule has 0 radical (unpaired) electrons. The molecule has 0 amide bonds. The van der Waals surface area contributed by atoms with Crippen LogP contribution in [0.1, 0.15) is 24.0 Å². The maximum atomic E-state index is 12.2. The fourth-order valence-corrected chi connectivity index (χ4v) is 4.69. The molecule has 1 spiro atoms. The second-order valence-corrected chi connectivity index (χ2v) is 8.41. The fourth-order valence-electron chi connectivity index (χ4n) is 3.67. The quantitative estimate of drug-likeness (QED) is 0.775. The lowest BCUT2D eigenvalue weighted by atomic mass is 10.2. The van der Waals surface area contributed by atoms with Gasteiger partial charge in [-0.2, -0.15) is 0 Å². The summed E-state index contributed by atoms with van der Waals surface area (Å²) in [7, 11) is 0. The Morgan fingerprint density at radius 2 is 1.72 bits per heavy atom. The maximum Gasteiger partial charge on any atom is 0.355 e. The monoisotopic (exact) mass is 412 g/mol. The number of para-hydroxylation sites is 1. The minimum atomic E-state index is -1.46. The second-order valence-electron chi connectivity index (χ2n) is 7.33. The molecule has 1 N–H and O–H groups in total. The molecule has 2 aliphatic rings. The summed E-state index contributed by atoms with van der Waals surface area (Å²) in [6, 6.07) is 14.3. The average Bonchev–Trinajstić information content (AvgIpc) is 2.83. The summed E-state index contributed by atoms with van der Waals surface area (Å²) >= 11 is 1.65. The number of carbonyl (C=O) groups is 2. The second kappa shape index (κ2) is 8.08. The third-order valence-corrected chi connectivity index (χ3v) is 6.30. The summed E-state index contributed by atoms with van der Waals surface area (Å²) in [6.45, 7) is 5.64. The van der Waals surface area contributed by atoms with E-state index in [0.717, 1.165) is 15.5 Å². The fraction of sp³-hybridized carbons (Fsp3) is 0.364. The third-order valence-electron chi connectivity index (χ3n) is 5.06. The molecule has 2 fully saturated rings. The van der Waals surface area contributed by atoms with Crippen molar-refractivity contribution in [3.05, 3.63) is 53.6 Å². The molecule has 152 valence electrons. The smallest absolute Gasteiger partial charge is 0.355 e. The van der Waals surface area contributed by atoms with Crippen molar-refractivity contribution in [3.63, 3.8) is 0 Å². The van der Waals surface area contributed by atoms with Crippen LogP contribution in [0, 0.1) is 13.8 Å². The van der Waals surface area contributed by atoms with Gasteiger partial charge < -0.3 is 14.8 Å². The predicted octanol–water partition coefficient (Wildman–Crippen LogP) is 3.40. The number of nitrogens with zero attached hydrogens (tertiary/aromatic N) is 1. The van der Waals surface area contributed by atoms with Crippen molar-refractivity contribution >= 4 is 29.4 Å². The van der Waals surface area contributed by atoms with E-state index in [0.29, 0.717) is 13.1 Å². The number of anilines is 1. The van der Waals surface area contributed by atoms with E-state index in [1.165, 1.54) is 11.1 Å².